The van der Waals surface area contributed by atoms with Gasteiger partial charge in [0.2, 0.25) is 11.0 Å². The summed E-state index contributed by atoms with van der Waals surface area (Å²) in [5, 5.41) is 16.7. The number of hydrogen-bond donors (Lipinski definition) is 3. The Morgan fingerprint density at radius 1 is 1.42 bits per heavy atom. The van der Waals surface area contributed by atoms with Crippen molar-refractivity contribution < 1.29 is 9.59 Å². The van der Waals surface area contributed by atoms with E-state index in [4.69, 9.17) is 5.73 Å². The summed E-state index contributed by atoms with van der Waals surface area (Å²) in [5.74, 6) is -0.764. The Kier molecular flexibility index (Phi) is 7.00. The molecule has 0 spiro atoms. The molecule has 10 heteroatoms. The molecular formula is C14H19N5O2S3. The number of thioether (sulfide) groups is 1. The van der Waals surface area contributed by atoms with E-state index in [9.17, 15) is 9.59 Å². The van der Waals surface area contributed by atoms with E-state index < -0.39 is 5.91 Å². The number of nitrogens with zero attached hydrogens (tertiary/aromatic N) is 2. The number of primary amides is 1. The standard InChI is InChI=1S/C14H19N5O2S3/c1-3-4-6-16-13-18-19-14(24-13)23-8(2)11(21)17-12-9(10(15)20)5-7-22-12/h5,7-8H,3-4,6H2,1-2H3,(H2,15,20)(H,16,18)(H,17,21)/t8-/m1/s1. The number of rotatable bonds is 9. The van der Waals surface area contributed by atoms with Gasteiger partial charge < -0.3 is 16.4 Å². The van der Waals surface area contributed by atoms with Crippen LogP contribution < -0.4 is 16.4 Å². The number of nitrogens with one attached hydrogen (secondary N) is 2. The number of anilines is 2. The smallest absolute Gasteiger partial charge is 0.251 e. The molecule has 0 aromatic carbocycles. The zero-order chi connectivity index (χ0) is 17.5. The fraction of sp³-hybridized carbons (Fsp3) is 0.429. The number of nitrogens with two attached hydrogens (primary N) is 1. The predicted molar refractivity (Wildman–Crippen MR) is 100 cm³/mol. The molecule has 2 aromatic heterocycles. The largest absolute Gasteiger partial charge is 0.366 e. The number of hydrogen-bond acceptors (Lipinski definition) is 8. The maximum atomic E-state index is 12.3. The van der Waals surface area contributed by atoms with Crippen LogP contribution in [0.15, 0.2) is 15.8 Å². The lowest BCUT2D eigenvalue weighted by Gasteiger charge is -2.09. The molecule has 2 amide bonds. The summed E-state index contributed by atoms with van der Waals surface area (Å²) in [4.78, 5) is 23.6. The molecule has 0 aliphatic heterocycles. The van der Waals surface area contributed by atoms with Crippen molar-refractivity contribution in [2.24, 2.45) is 5.73 Å². The fourth-order valence-electron chi connectivity index (χ4n) is 1.72. The first-order valence-electron chi connectivity index (χ1n) is 7.43. The van der Waals surface area contributed by atoms with E-state index in [-0.39, 0.29) is 11.2 Å². The summed E-state index contributed by atoms with van der Waals surface area (Å²) < 4.78 is 0.720. The second kappa shape index (κ2) is 9.00. The van der Waals surface area contributed by atoms with Crippen LogP contribution in [0, 0.1) is 0 Å². The average Bonchev–Trinajstić information content (AvgIpc) is 3.17. The van der Waals surface area contributed by atoms with Crippen LogP contribution in [-0.2, 0) is 4.79 Å². The van der Waals surface area contributed by atoms with Gasteiger partial charge in [-0.1, -0.05) is 36.4 Å². The Morgan fingerprint density at radius 2 is 2.21 bits per heavy atom. The number of unbranched alkanes of at least 4 members (excludes halogenated alkanes) is 1. The maximum absolute atomic E-state index is 12.3. The molecule has 0 unspecified atom stereocenters. The fourth-order valence-corrected chi connectivity index (χ4v) is 4.44. The summed E-state index contributed by atoms with van der Waals surface area (Å²) in [6.45, 7) is 4.77. The molecule has 2 heterocycles. The minimum absolute atomic E-state index is 0.208. The molecule has 0 saturated heterocycles. The second-order valence-electron chi connectivity index (χ2n) is 4.93. The van der Waals surface area contributed by atoms with Crippen molar-refractivity contribution in [2.75, 3.05) is 17.2 Å². The van der Waals surface area contributed by atoms with E-state index in [1.807, 2.05) is 0 Å². The zero-order valence-corrected chi connectivity index (χ0v) is 15.8. The average molecular weight is 386 g/mol. The van der Waals surface area contributed by atoms with Gasteiger partial charge in [-0.25, -0.2) is 0 Å². The van der Waals surface area contributed by atoms with Crippen LogP contribution in [-0.4, -0.2) is 33.8 Å². The highest BCUT2D eigenvalue weighted by Crippen LogP contribution is 2.30. The summed E-state index contributed by atoms with van der Waals surface area (Å²) >= 11 is 4.02. The third kappa shape index (κ3) is 5.18. The highest BCUT2D eigenvalue weighted by atomic mass is 32.2. The van der Waals surface area contributed by atoms with Crippen molar-refractivity contribution in [3.63, 3.8) is 0 Å². The van der Waals surface area contributed by atoms with E-state index in [2.05, 4.69) is 27.8 Å². The zero-order valence-electron chi connectivity index (χ0n) is 13.4. The van der Waals surface area contributed by atoms with Gasteiger partial charge in [0.25, 0.3) is 5.91 Å². The lowest BCUT2D eigenvalue weighted by Crippen LogP contribution is -2.23. The number of carbonyl (C=O) groups is 2. The topological polar surface area (TPSA) is 110 Å². The van der Waals surface area contributed by atoms with Gasteiger partial charge in [0.15, 0.2) is 4.34 Å². The third-order valence-electron chi connectivity index (χ3n) is 3.03. The second-order valence-corrected chi connectivity index (χ2v) is 8.41. The molecule has 0 aliphatic rings. The van der Waals surface area contributed by atoms with Gasteiger partial charge in [-0.15, -0.1) is 21.5 Å². The molecule has 4 N–H and O–H groups in total. The third-order valence-corrected chi connectivity index (χ3v) is 5.92. The monoisotopic (exact) mass is 385 g/mol. The minimum Gasteiger partial charge on any atom is -0.366 e. The summed E-state index contributed by atoms with van der Waals surface area (Å²) in [5.41, 5.74) is 5.60. The number of carbonyl (C=O) groups excluding carboxylic acids is 2. The lowest BCUT2D eigenvalue weighted by atomic mass is 10.3. The molecule has 7 nitrogen and oxygen atoms in total. The molecule has 2 rings (SSSR count). The summed E-state index contributed by atoms with van der Waals surface area (Å²) in [7, 11) is 0. The molecule has 0 aliphatic carbocycles. The van der Waals surface area contributed by atoms with E-state index >= 15 is 0 Å². The van der Waals surface area contributed by atoms with Crippen molar-refractivity contribution in [1.29, 1.82) is 0 Å². The molecule has 24 heavy (non-hydrogen) atoms. The molecule has 2 aromatic rings. The Morgan fingerprint density at radius 3 is 2.92 bits per heavy atom. The molecule has 0 bridgehead atoms. The van der Waals surface area contributed by atoms with Crippen LogP contribution in [0.4, 0.5) is 10.1 Å². The van der Waals surface area contributed by atoms with Crippen LogP contribution in [0.2, 0.25) is 0 Å². The van der Waals surface area contributed by atoms with Crippen LogP contribution in [0.3, 0.4) is 0 Å². The van der Waals surface area contributed by atoms with Crippen LogP contribution in [0.5, 0.6) is 0 Å². The van der Waals surface area contributed by atoms with E-state index in [1.165, 1.54) is 34.4 Å². The van der Waals surface area contributed by atoms with Gasteiger partial charge in [0.1, 0.15) is 5.00 Å². The first kappa shape index (κ1) is 18.7. The SMILES string of the molecule is CCCCNc1nnc(S[C@H](C)C(=O)Nc2sccc2C(N)=O)s1. The first-order chi connectivity index (χ1) is 11.5. The number of thiophene rings is 1. The van der Waals surface area contributed by atoms with E-state index in [1.54, 1.807) is 18.4 Å². The Labute approximate surface area is 152 Å². The van der Waals surface area contributed by atoms with Gasteiger partial charge in [-0.2, -0.15) is 0 Å². The molecular weight excluding hydrogens is 366 g/mol. The van der Waals surface area contributed by atoms with Crippen molar-refractivity contribution in [3.8, 4) is 0 Å². The molecule has 0 fully saturated rings. The maximum Gasteiger partial charge on any atom is 0.251 e. The van der Waals surface area contributed by atoms with Crippen molar-refractivity contribution in [1.82, 2.24) is 10.2 Å². The van der Waals surface area contributed by atoms with Crippen molar-refractivity contribution in [3.05, 3.63) is 17.0 Å². The molecule has 0 saturated carbocycles. The minimum atomic E-state index is -0.557. The van der Waals surface area contributed by atoms with Crippen molar-refractivity contribution >= 4 is 56.4 Å². The molecule has 0 radical (unpaired) electrons. The van der Waals surface area contributed by atoms with Crippen LogP contribution in [0.1, 0.15) is 37.0 Å². The predicted octanol–water partition coefficient (Wildman–Crippen LogP) is 3.03. The summed E-state index contributed by atoms with van der Waals surface area (Å²) in [6.07, 6.45) is 2.19. The Hall–Kier alpha value is -1.65. The van der Waals surface area contributed by atoms with Gasteiger partial charge >= 0.3 is 0 Å². The normalized spacial score (nSPS) is 11.9. The molecule has 1 atom stereocenters. The highest BCUT2D eigenvalue weighted by molar-refractivity contribution is 8.02. The summed E-state index contributed by atoms with van der Waals surface area (Å²) in [6, 6.07) is 1.60. The van der Waals surface area contributed by atoms with Gasteiger partial charge in [-0.3, -0.25) is 9.59 Å². The van der Waals surface area contributed by atoms with Crippen molar-refractivity contribution in [2.45, 2.75) is 36.3 Å². The highest BCUT2D eigenvalue weighted by Gasteiger charge is 2.20. The lowest BCUT2D eigenvalue weighted by molar-refractivity contribution is -0.115. The van der Waals surface area contributed by atoms with Gasteiger partial charge in [-0.05, 0) is 24.8 Å². The van der Waals surface area contributed by atoms with Crippen LogP contribution in [0.25, 0.3) is 0 Å². The quantitative estimate of drug-likeness (QED) is 0.452. The van der Waals surface area contributed by atoms with E-state index in [0.717, 1.165) is 28.9 Å². The molecule has 130 valence electrons. The Bertz CT molecular complexity index is 700. The number of aromatic nitrogens is 2. The Balaban J connectivity index is 1.89. The van der Waals surface area contributed by atoms with Gasteiger partial charge in [0.05, 0.1) is 10.8 Å². The van der Waals surface area contributed by atoms with E-state index in [0.29, 0.717) is 10.6 Å². The van der Waals surface area contributed by atoms with Crippen LogP contribution >= 0.6 is 34.4 Å². The first-order valence-corrected chi connectivity index (χ1v) is 10.0. The number of amides is 2. The van der Waals surface area contributed by atoms with Gasteiger partial charge in [0, 0.05) is 6.54 Å².